The fourth-order valence-corrected chi connectivity index (χ4v) is 9.90. The Kier molecular flexibility index (Phi) is 11.8. The number of carbonyl (C=O) groups excluding carboxylic acids is 4. The number of aryl methyl sites for hydroxylation is 1. The number of fused-ring (bicyclic) bond motifs is 2. The van der Waals surface area contributed by atoms with Gasteiger partial charge in [0.25, 0.3) is 11.8 Å². The van der Waals surface area contributed by atoms with Crippen molar-refractivity contribution in [2.24, 2.45) is 0 Å². The molecule has 1 aliphatic carbocycles. The van der Waals surface area contributed by atoms with E-state index in [-0.39, 0.29) is 38.2 Å². The first-order valence-corrected chi connectivity index (χ1v) is 21.7. The number of rotatable bonds is 11. The Morgan fingerprint density at radius 3 is 2.08 bits per heavy atom. The van der Waals surface area contributed by atoms with Crippen molar-refractivity contribution >= 4 is 60.5 Å². The molecule has 4 N–H and O–H groups in total. The summed E-state index contributed by atoms with van der Waals surface area (Å²) in [5.74, 6) is -1.90. The van der Waals surface area contributed by atoms with Crippen molar-refractivity contribution in [2.75, 3.05) is 6.54 Å². The van der Waals surface area contributed by atoms with Crippen molar-refractivity contribution in [3.05, 3.63) is 165 Å². The number of nitrogens with one attached hydrogen (secondary N) is 2. The first kappa shape index (κ1) is 42.5. The number of carbonyl (C=O) groups is 4. The molecule has 3 amide bonds. The molecule has 0 radical (unpaired) electrons. The van der Waals surface area contributed by atoms with Gasteiger partial charge in [-0.25, -0.2) is 0 Å². The van der Waals surface area contributed by atoms with Crippen molar-refractivity contribution in [2.45, 2.75) is 81.9 Å². The van der Waals surface area contributed by atoms with Crippen LogP contribution in [0.1, 0.15) is 92.6 Å². The molecule has 0 aromatic heterocycles. The second kappa shape index (κ2) is 17.4. The molecule has 1 saturated carbocycles. The third-order valence-electron chi connectivity index (χ3n) is 12.9. The summed E-state index contributed by atoms with van der Waals surface area (Å²) in [5.41, 5.74) is 3.66. The van der Waals surface area contributed by atoms with Crippen LogP contribution in [0.5, 0.6) is 0 Å². The first-order valence-electron chi connectivity index (χ1n) is 21.3. The van der Waals surface area contributed by atoms with Gasteiger partial charge in [0.15, 0.2) is 5.60 Å². The summed E-state index contributed by atoms with van der Waals surface area (Å²) >= 11 is 6.95. The van der Waals surface area contributed by atoms with Gasteiger partial charge in [0.1, 0.15) is 6.04 Å². The molecule has 3 atom stereocenters. The highest BCUT2D eigenvalue weighted by molar-refractivity contribution is 6.62. The Morgan fingerprint density at radius 2 is 1.41 bits per heavy atom. The molecule has 63 heavy (non-hydrogen) atoms. The van der Waals surface area contributed by atoms with E-state index >= 15 is 0 Å². The average Bonchev–Trinajstić information content (AvgIpc) is 4.10. The van der Waals surface area contributed by atoms with Crippen LogP contribution in [-0.4, -0.2) is 77.0 Å². The lowest BCUT2D eigenvalue weighted by Crippen LogP contribution is -2.55. The van der Waals surface area contributed by atoms with Gasteiger partial charge in [0.05, 0.1) is 25.2 Å². The van der Waals surface area contributed by atoms with Crippen LogP contribution in [-0.2, 0) is 42.4 Å². The van der Waals surface area contributed by atoms with Crippen molar-refractivity contribution in [3.8, 4) is 0 Å². The number of halogens is 1. The van der Waals surface area contributed by atoms with E-state index in [1.165, 1.54) is 4.90 Å². The number of benzene rings is 5. The molecular weight excluding hydrogens is 820 g/mol. The zero-order chi connectivity index (χ0) is 43.9. The standard InChI is InChI=1S/C48H46B2ClN3O9/c1-30-13-19-36(20-14-30)48(35-9-3-2-4-10-35,38-11-5-6-12-41(38)51)63-43(55)26-47(21-7-8-22-47)53-45(57)42-25-37(52-44(56)31-15-17-33-28-61-49(59)39(33)23-31)27-54(42)46(58)32-16-18-34-29-62-50(60)40(34)24-32/h2-6,9-20,23-24,37,42,59-60H,7-8,21-22,25-29H2,1H3,(H,52,56)(H,53,57)/t37-,42-,48?/m0/s1. The van der Waals surface area contributed by atoms with Crippen molar-refractivity contribution < 1.29 is 43.3 Å². The van der Waals surface area contributed by atoms with E-state index in [4.69, 9.17) is 25.6 Å². The van der Waals surface area contributed by atoms with Crippen molar-refractivity contribution in [3.63, 3.8) is 0 Å². The van der Waals surface area contributed by atoms with Gasteiger partial charge in [0, 0.05) is 45.4 Å². The van der Waals surface area contributed by atoms with E-state index in [1.807, 2.05) is 79.7 Å². The van der Waals surface area contributed by atoms with Crippen LogP contribution in [0.4, 0.5) is 0 Å². The summed E-state index contributed by atoms with van der Waals surface area (Å²) in [6.45, 7) is 2.44. The minimum atomic E-state index is -1.44. The molecule has 1 unspecified atom stereocenters. The maximum absolute atomic E-state index is 14.8. The number of amides is 3. The van der Waals surface area contributed by atoms with Crippen LogP contribution >= 0.6 is 11.6 Å². The molecule has 3 aliphatic heterocycles. The minimum absolute atomic E-state index is 0.0124. The van der Waals surface area contributed by atoms with Crippen LogP contribution in [0, 0.1) is 6.92 Å². The van der Waals surface area contributed by atoms with Gasteiger partial charge in [-0.1, -0.05) is 115 Å². The lowest BCUT2D eigenvalue weighted by atomic mass is 9.78. The minimum Gasteiger partial charge on any atom is -0.444 e. The van der Waals surface area contributed by atoms with Crippen LogP contribution in [0.15, 0.2) is 115 Å². The molecule has 15 heteroatoms. The van der Waals surface area contributed by atoms with E-state index in [9.17, 15) is 29.2 Å². The van der Waals surface area contributed by atoms with E-state index in [0.29, 0.717) is 51.0 Å². The third kappa shape index (κ3) is 8.29. The Labute approximate surface area is 371 Å². The molecule has 320 valence electrons. The number of nitrogens with zero attached hydrogens (tertiary/aromatic N) is 1. The highest BCUT2D eigenvalue weighted by atomic mass is 35.5. The second-order valence-corrected chi connectivity index (χ2v) is 17.5. The zero-order valence-electron chi connectivity index (χ0n) is 34.7. The number of likely N-dealkylation sites (tertiary alicyclic amines) is 1. The molecule has 3 heterocycles. The Bertz CT molecular complexity index is 2570. The van der Waals surface area contributed by atoms with Gasteiger partial charge in [-0.3, -0.25) is 19.2 Å². The predicted octanol–water partition coefficient (Wildman–Crippen LogP) is 4.45. The average molecular weight is 866 g/mol. The summed E-state index contributed by atoms with van der Waals surface area (Å²) in [4.78, 5) is 59.0. The zero-order valence-corrected chi connectivity index (χ0v) is 35.5. The van der Waals surface area contributed by atoms with Gasteiger partial charge >= 0.3 is 20.2 Å². The molecule has 12 nitrogen and oxygen atoms in total. The van der Waals surface area contributed by atoms with Crippen LogP contribution in [0.25, 0.3) is 0 Å². The van der Waals surface area contributed by atoms with E-state index in [2.05, 4.69) is 10.6 Å². The fraction of sp³-hybridized carbons (Fsp3) is 0.292. The van der Waals surface area contributed by atoms with Gasteiger partial charge in [-0.05, 0) is 78.6 Å². The predicted molar refractivity (Wildman–Crippen MR) is 237 cm³/mol. The molecule has 4 aliphatic rings. The lowest BCUT2D eigenvalue weighted by Gasteiger charge is -2.38. The summed E-state index contributed by atoms with van der Waals surface area (Å²) in [5, 5.41) is 27.4. The summed E-state index contributed by atoms with van der Waals surface area (Å²) in [6.07, 6.45) is 2.45. The van der Waals surface area contributed by atoms with Crippen LogP contribution in [0.3, 0.4) is 0 Å². The molecule has 5 aromatic carbocycles. The molecule has 0 bridgehead atoms. The largest absolute Gasteiger partial charge is 0.491 e. The topological polar surface area (TPSA) is 164 Å². The quantitative estimate of drug-likeness (QED) is 0.0854. The van der Waals surface area contributed by atoms with Crippen molar-refractivity contribution in [1.82, 2.24) is 15.5 Å². The number of hydrogen-bond acceptors (Lipinski definition) is 9. The highest BCUT2D eigenvalue weighted by Crippen LogP contribution is 2.45. The first-order chi connectivity index (χ1) is 30.4. The molecule has 2 fully saturated rings. The van der Waals surface area contributed by atoms with Crippen molar-refractivity contribution in [1.29, 1.82) is 0 Å². The Morgan fingerprint density at radius 1 is 0.810 bits per heavy atom. The molecule has 1 saturated heterocycles. The summed E-state index contributed by atoms with van der Waals surface area (Å²) < 4.78 is 17.4. The smallest absolute Gasteiger partial charge is 0.444 e. The van der Waals surface area contributed by atoms with E-state index in [1.54, 1.807) is 42.5 Å². The third-order valence-corrected chi connectivity index (χ3v) is 13.2. The number of ether oxygens (including phenoxy) is 1. The molecule has 5 aromatic rings. The van der Waals surface area contributed by atoms with Gasteiger partial charge < -0.3 is 39.6 Å². The maximum atomic E-state index is 14.8. The van der Waals surface area contributed by atoms with E-state index < -0.39 is 61.2 Å². The maximum Gasteiger partial charge on any atom is 0.491 e. The molecule has 0 spiro atoms. The Hall–Kier alpha value is -5.76. The molecule has 9 rings (SSSR count). The van der Waals surface area contributed by atoms with Gasteiger partial charge in [-0.15, -0.1) is 0 Å². The second-order valence-electron chi connectivity index (χ2n) is 17.1. The summed E-state index contributed by atoms with van der Waals surface area (Å²) in [6, 6.07) is 32.8. The summed E-state index contributed by atoms with van der Waals surface area (Å²) in [7, 11) is -2.31. The highest BCUT2D eigenvalue weighted by Gasteiger charge is 2.48. The lowest BCUT2D eigenvalue weighted by molar-refractivity contribution is -0.155. The van der Waals surface area contributed by atoms with E-state index in [0.717, 1.165) is 29.5 Å². The van der Waals surface area contributed by atoms with Gasteiger partial charge in [-0.2, -0.15) is 0 Å². The van der Waals surface area contributed by atoms with Gasteiger partial charge in [0.2, 0.25) is 5.91 Å². The monoisotopic (exact) mass is 865 g/mol. The molecular formula is C48H46B2ClN3O9. The number of esters is 1. The normalized spacial score (nSPS) is 19.6. The number of hydrogen-bond donors (Lipinski definition) is 4. The van der Waals surface area contributed by atoms with Crippen LogP contribution < -0.4 is 21.6 Å². The Balaban J connectivity index is 1.00. The SMILES string of the molecule is Cc1ccc(C(OC(=O)CC2(NC(=O)[C@@H]3C[C@H](NC(=O)c4ccc5c(c4)B(O)OC5)CN3C(=O)c3ccc4c(c3)B(O)OC4)CCCC2)(c2ccccc2)c2ccccc2Cl)cc1. The fourth-order valence-electron chi connectivity index (χ4n) is 9.64. The van der Waals surface area contributed by atoms with Crippen LogP contribution in [0.2, 0.25) is 5.02 Å².